The highest BCUT2D eigenvalue weighted by molar-refractivity contribution is 6.13. The van der Waals surface area contributed by atoms with Crippen LogP contribution in [0.4, 0.5) is 4.79 Å². The van der Waals surface area contributed by atoms with E-state index in [4.69, 9.17) is 19.0 Å². The number of esters is 1. The van der Waals surface area contributed by atoms with E-state index >= 15 is 0 Å². The van der Waals surface area contributed by atoms with Crippen molar-refractivity contribution in [2.75, 3.05) is 13.7 Å². The van der Waals surface area contributed by atoms with Crippen LogP contribution in [0.2, 0.25) is 0 Å². The summed E-state index contributed by atoms with van der Waals surface area (Å²) in [5, 5.41) is 11.7. The van der Waals surface area contributed by atoms with Gasteiger partial charge in [0.05, 0.1) is 25.8 Å². The summed E-state index contributed by atoms with van der Waals surface area (Å²) >= 11 is 0. The minimum absolute atomic E-state index is 0.0388. The molecule has 2 aromatic carbocycles. The van der Waals surface area contributed by atoms with Gasteiger partial charge in [-0.1, -0.05) is 18.2 Å². The number of nitrogens with zero attached hydrogens (tertiary/aromatic N) is 1. The van der Waals surface area contributed by atoms with Crippen molar-refractivity contribution in [1.29, 1.82) is 0 Å². The van der Waals surface area contributed by atoms with Gasteiger partial charge >= 0.3 is 18.0 Å². The molecule has 1 aliphatic heterocycles. The number of allylic oxidation sites excluding steroid dienone is 1. The van der Waals surface area contributed by atoms with Crippen LogP contribution >= 0.6 is 0 Å². The Bertz CT molecular complexity index is 1520. The molecule has 0 aliphatic carbocycles. The number of hydrogen-bond donors (Lipinski definition) is 2. The lowest BCUT2D eigenvalue weighted by Crippen LogP contribution is -2.30. The zero-order valence-corrected chi connectivity index (χ0v) is 22.5. The molecule has 0 bridgehead atoms. The third-order valence-electron chi connectivity index (χ3n) is 6.04. The molecule has 0 saturated carbocycles. The monoisotopic (exact) mass is 560 g/mol. The van der Waals surface area contributed by atoms with Gasteiger partial charge in [-0.25, -0.2) is 14.4 Å². The number of nitrogens with one attached hydrogen (secondary N) is 1. The van der Waals surface area contributed by atoms with Crippen LogP contribution in [0.5, 0.6) is 11.5 Å². The highest BCUT2D eigenvalue weighted by Gasteiger charge is 2.34. The van der Waals surface area contributed by atoms with E-state index < -0.39 is 23.9 Å². The summed E-state index contributed by atoms with van der Waals surface area (Å²) in [7, 11) is 1.22. The zero-order chi connectivity index (χ0) is 29.5. The molecule has 1 aromatic heterocycles. The Morgan fingerprint density at radius 3 is 2.51 bits per heavy atom. The standard InChI is InChI=1S/C30H28N2O9/c1-4-6-21-13-19(15-25(39-5-2)26(21)40-17-18-7-9-20(10-8-18)28(34)35)14-23-27(33)32(30(37)31-23)16-22-11-12-24(41-22)29(36)38-3/h4,7-15H,1,5-6,16-17H2,2-3H3,(H,31,37)(H,34,35)/b23-14-. The Kier molecular flexibility index (Phi) is 8.88. The molecule has 11 heteroatoms. The number of carbonyl (C=O) groups is 4. The quantitative estimate of drug-likeness (QED) is 0.141. The maximum absolute atomic E-state index is 13.1. The smallest absolute Gasteiger partial charge is 0.373 e. The van der Waals surface area contributed by atoms with Crippen LogP contribution in [-0.2, 0) is 29.1 Å². The number of hydrogen-bond acceptors (Lipinski definition) is 8. The first-order valence-corrected chi connectivity index (χ1v) is 12.6. The first-order valence-electron chi connectivity index (χ1n) is 12.6. The van der Waals surface area contributed by atoms with Crippen LogP contribution in [0, 0.1) is 0 Å². The molecule has 1 aliphatic rings. The molecule has 3 amide bonds. The fraction of sp³-hybridized carbons (Fsp3) is 0.200. The Labute approximate surface area is 235 Å². The second-order valence-corrected chi connectivity index (χ2v) is 8.86. The average molecular weight is 561 g/mol. The van der Waals surface area contributed by atoms with Gasteiger partial charge < -0.3 is 29.1 Å². The molecule has 1 fully saturated rings. The molecular formula is C30H28N2O9. The van der Waals surface area contributed by atoms with E-state index in [0.717, 1.165) is 16.0 Å². The van der Waals surface area contributed by atoms with Crippen molar-refractivity contribution < 1.29 is 42.9 Å². The topological polar surface area (TPSA) is 145 Å². The van der Waals surface area contributed by atoms with Gasteiger partial charge in [0, 0.05) is 5.56 Å². The molecule has 0 spiro atoms. The van der Waals surface area contributed by atoms with Crippen molar-refractivity contribution in [2.24, 2.45) is 0 Å². The maximum atomic E-state index is 13.1. The number of furan rings is 1. The van der Waals surface area contributed by atoms with E-state index in [1.807, 2.05) is 6.92 Å². The second kappa shape index (κ2) is 12.7. The number of aromatic carboxylic acids is 1. The van der Waals surface area contributed by atoms with Crippen LogP contribution in [0.25, 0.3) is 6.08 Å². The van der Waals surface area contributed by atoms with Crippen molar-refractivity contribution in [2.45, 2.75) is 26.5 Å². The molecule has 11 nitrogen and oxygen atoms in total. The highest BCUT2D eigenvalue weighted by atomic mass is 16.5. The molecule has 0 atom stereocenters. The van der Waals surface area contributed by atoms with Crippen molar-refractivity contribution >= 4 is 30.0 Å². The summed E-state index contributed by atoms with van der Waals surface area (Å²) in [6, 6.07) is 12.1. The number of carbonyl (C=O) groups excluding carboxylic acids is 3. The predicted molar refractivity (Wildman–Crippen MR) is 146 cm³/mol. The Balaban J connectivity index is 1.57. The number of ether oxygens (including phenoxy) is 3. The van der Waals surface area contributed by atoms with Crippen molar-refractivity contribution in [3.63, 3.8) is 0 Å². The van der Waals surface area contributed by atoms with Gasteiger partial charge in [0.2, 0.25) is 5.76 Å². The van der Waals surface area contributed by atoms with Gasteiger partial charge in [-0.15, -0.1) is 6.58 Å². The first kappa shape index (κ1) is 28.7. The van der Waals surface area contributed by atoms with Crippen molar-refractivity contribution in [1.82, 2.24) is 10.2 Å². The highest BCUT2D eigenvalue weighted by Crippen LogP contribution is 2.35. The lowest BCUT2D eigenvalue weighted by atomic mass is 10.0. The number of methoxy groups -OCH3 is 1. The van der Waals surface area contributed by atoms with E-state index in [1.165, 1.54) is 37.5 Å². The van der Waals surface area contributed by atoms with Crippen LogP contribution in [0.3, 0.4) is 0 Å². The van der Waals surface area contributed by atoms with Crippen molar-refractivity contribution in [3.8, 4) is 11.5 Å². The predicted octanol–water partition coefficient (Wildman–Crippen LogP) is 4.56. The SMILES string of the molecule is C=CCc1cc(/C=C2\NC(=O)N(Cc3ccc(C(=O)OC)o3)C2=O)cc(OCC)c1OCc1ccc(C(=O)O)cc1. The summed E-state index contributed by atoms with van der Waals surface area (Å²) in [4.78, 5) is 49.4. The summed E-state index contributed by atoms with van der Waals surface area (Å²) in [6.45, 7) is 5.98. The van der Waals surface area contributed by atoms with Crippen LogP contribution in [-0.4, -0.2) is 47.6 Å². The fourth-order valence-corrected chi connectivity index (χ4v) is 4.11. The maximum Gasteiger partial charge on any atom is 0.373 e. The fourth-order valence-electron chi connectivity index (χ4n) is 4.11. The van der Waals surface area contributed by atoms with Gasteiger partial charge in [0.25, 0.3) is 5.91 Å². The Morgan fingerprint density at radius 2 is 1.85 bits per heavy atom. The summed E-state index contributed by atoms with van der Waals surface area (Å²) < 4.78 is 21.9. The Morgan fingerprint density at radius 1 is 1.10 bits per heavy atom. The lowest BCUT2D eigenvalue weighted by Gasteiger charge is -2.17. The molecule has 2 N–H and O–H groups in total. The normalized spacial score (nSPS) is 13.7. The molecule has 0 radical (unpaired) electrons. The van der Waals surface area contributed by atoms with Gasteiger partial charge in [-0.05, 0) is 66.9 Å². The molecule has 1 saturated heterocycles. The number of carboxylic acids is 1. The van der Waals surface area contributed by atoms with E-state index in [-0.39, 0.29) is 35.9 Å². The molecule has 4 rings (SSSR count). The van der Waals surface area contributed by atoms with E-state index in [1.54, 1.807) is 30.3 Å². The van der Waals surface area contributed by atoms with Crippen LogP contribution in [0.15, 0.2) is 71.3 Å². The number of carboxylic acid groups (broad SMARTS) is 1. The molecule has 0 unspecified atom stereocenters. The molecule has 3 aromatic rings. The molecule has 41 heavy (non-hydrogen) atoms. The van der Waals surface area contributed by atoms with E-state index in [2.05, 4.69) is 16.6 Å². The minimum Gasteiger partial charge on any atom is -0.490 e. The van der Waals surface area contributed by atoms with Crippen LogP contribution in [0.1, 0.15) is 50.3 Å². The van der Waals surface area contributed by atoms with E-state index in [0.29, 0.717) is 30.1 Å². The molecular weight excluding hydrogens is 532 g/mol. The number of urea groups is 1. The largest absolute Gasteiger partial charge is 0.490 e. The minimum atomic E-state index is -1.01. The second-order valence-electron chi connectivity index (χ2n) is 8.86. The number of imide groups is 1. The van der Waals surface area contributed by atoms with Crippen molar-refractivity contribution in [3.05, 3.63) is 101 Å². The third-order valence-corrected chi connectivity index (χ3v) is 6.04. The Hall–Kier alpha value is -5.32. The number of amides is 3. The van der Waals surface area contributed by atoms with Gasteiger partial charge in [-0.3, -0.25) is 9.69 Å². The first-order chi connectivity index (χ1) is 19.7. The zero-order valence-electron chi connectivity index (χ0n) is 22.5. The van der Waals surface area contributed by atoms with Crippen LogP contribution < -0.4 is 14.8 Å². The number of benzene rings is 2. The summed E-state index contributed by atoms with van der Waals surface area (Å²) in [5.74, 6) is -1.14. The molecule has 212 valence electrons. The van der Waals surface area contributed by atoms with Gasteiger partial charge in [-0.2, -0.15) is 0 Å². The lowest BCUT2D eigenvalue weighted by molar-refractivity contribution is -0.123. The molecule has 2 heterocycles. The average Bonchev–Trinajstić information content (AvgIpc) is 3.53. The third kappa shape index (κ3) is 6.64. The van der Waals surface area contributed by atoms with Gasteiger partial charge in [0.15, 0.2) is 11.5 Å². The van der Waals surface area contributed by atoms with Gasteiger partial charge in [0.1, 0.15) is 18.1 Å². The number of rotatable bonds is 12. The summed E-state index contributed by atoms with van der Waals surface area (Å²) in [5.41, 5.74) is 2.31. The van der Waals surface area contributed by atoms with E-state index in [9.17, 15) is 19.2 Å². The summed E-state index contributed by atoms with van der Waals surface area (Å²) in [6.07, 6.45) is 3.66.